The average Bonchev–Trinajstić information content (AvgIpc) is 2.29. The zero-order valence-corrected chi connectivity index (χ0v) is 9.56. The van der Waals surface area contributed by atoms with Gasteiger partial charge in [-0.2, -0.15) is 0 Å². The Balaban J connectivity index is 2.62. The van der Waals surface area contributed by atoms with E-state index in [0.29, 0.717) is 5.56 Å². The van der Waals surface area contributed by atoms with Crippen LogP contribution in [-0.2, 0) is 0 Å². The number of nitro benzene ring substituents is 1. The van der Waals surface area contributed by atoms with E-state index in [1.165, 1.54) is 18.9 Å². The normalized spacial score (nSPS) is 10.8. The molecule has 0 amide bonds. The second kappa shape index (κ2) is 6.77. The summed E-state index contributed by atoms with van der Waals surface area (Å²) in [7, 11) is 0. The molecule has 1 rings (SSSR count). The summed E-state index contributed by atoms with van der Waals surface area (Å²) in [6.45, 7) is 2.16. The van der Waals surface area contributed by atoms with E-state index in [1.807, 2.05) is 18.2 Å². The van der Waals surface area contributed by atoms with Crippen molar-refractivity contribution in [2.45, 2.75) is 32.6 Å². The molecule has 0 N–H and O–H groups in total. The van der Waals surface area contributed by atoms with Gasteiger partial charge in [-0.05, 0) is 18.9 Å². The molecule has 0 saturated carbocycles. The molecule has 0 aliphatic heterocycles. The van der Waals surface area contributed by atoms with Crippen LogP contribution in [0.5, 0.6) is 0 Å². The first-order valence-electron chi connectivity index (χ1n) is 5.65. The summed E-state index contributed by atoms with van der Waals surface area (Å²) in [5, 5.41) is 10.7. The Hall–Kier alpha value is -1.64. The highest BCUT2D eigenvalue weighted by Crippen LogP contribution is 2.19. The van der Waals surface area contributed by atoms with Crippen molar-refractivity contribution in [1.29, 1.82) is 0 Å². The van der Waals surface area contributed by atoms with Crippen molar-refractivity contribution in [3.63, 3.8) is 0 Å². The van der Waals surface area contributed by atoms with Gasteiger partial charge in [-0.1, -0.05) is 44.1 Å². The van der Waals surface area contributed by atoms with Crippen LogP contribution in [0, 0.1) is 10.1 Å². The summed E-state index contributed by atoms with van der Waals surface area (Å²) in [4.78, 5) is 10.4. The predicted octanol–water partition coefficient (Wildman–Crippen LogP) is 4.19. The van der Waals surface area contributed by atoms with E-state index in [0.717, 1.165) is 12.8 Å². The van der Waals surface area contributed by atoms with Crippen molar-refractivity contribution in [3.8, 4) is 0 Å². The van der Waals surface area contributed by atoms with Crippen LogP contribution in [0.3, 0.4) is 0 Å². The Morgan fingerprint density at radius 2 is 2.06 bits per heavy atom. The highest BCUT2D eigenvalue weighted by atomic mass is 16.6. The number of para-hydroxylation sites is 1. The molecule has 0 aliphatic rings. The highest BCUT2D eigenvalue weighted by Gasteiger charge is 2.08. The van der Waals surface area contributed by atoms with E-state index in [2.05, 4.69) is 6.92 Å². The molecule has 16 heavy (non-hydrogen) atoms. The third kappa shape index (κ3) is 3.85. The predicted molar refractivity (Wildman–Crippen MR) is 66.3 cm³/mol. The molecule has 0 unspecified atom stereocenters. The van der Waals surface area contributed by atoms with E-state index in [9.17, 15) is 10.1 Å². The summed E-state index contributed by atoms with van der Waals surface area (Å²) < 4.78 is 0. The third-order valence-electron chi connectivity index (χ3n) is 2.41. The van der Waals surface area contributed by atoms with Gasteiger partial charge in [-0.25, -0.2) is 0 Å². The molecule has 0 radical (unpaired) electrons. The van der Waals surface area contributed by atoms with Gasteiger partial charge < -0.3 is 0 Å². The Labute approximate surface area is 95.9 Å². The molecule has 0 saturated heterocycles. The van der Waals surface area contributed by atoms with E-state index >= 15 is 0 Å². The number of benzene rings is 1. The first kappa shape index (κ1) is 12.4. The van der Waals surface area contributed by atoms with Crippen LogP contribution in [0.2, 0.25) is 0 Å². The summed E-state index contributed by atoms with van der Waals surface area (Å²) in [5.41, 5.74) is 0.859. The van der Waals surface area contributed by atoms with Crippen molar-refractivity contribution in [2.24, 2.45) is 0 Å². The van der Waals surface area contributed by atoms with Crippen LogP contribution in [0.15, 0.2) is 30.3 Å². The van der Waals surface area contributed by atoms with Gasteiger partial charge in [0.1, 0.15) is 0 Å². The van der Waals surface area contributed by atoms with Gasteiger partial charge >= 0.3 is 0 Å². The minimum Gasteiger partial charge on any atom is -0.258 e. The summed E-state index contributed by atoms with van der Waals surface area (Å²) in [5.74, 6) is 0. The van der Waals surface area contributed by atoms with E-state index in [4.69, 9.17) is 0 Å². The highest BCUT2D eigenvalue weighted by molar-refractivity contribution is 5.60. The maximum atomic E-state index is 10.7. The number of rotatable bonds is 6. The lowest BCUT2D eigenvalue weighted by atomic mass is 10.1. The summed E-state index contributed by atoms with van der Waals surface area (Å²) in [6.07, 6.45) is 8.39. The Kier molecular flexibility index (Phi) is 5.26. The van der Waals surface area contributed by atoms with Gasteiger partial charge in [-0.3, -0.25) is 10.1 Å². The molecular formula is C13H17NO2. The van der Waals surface area contributed by atoms with Crippen LogP contribution in [0.25, 0.3) is 6.08 Å². The van der Waals surface area contributed by atoms with Crippen LogP contribution in [0.1, 0.15) is 38.2 Å². The molecular weight excluding hydrogens is 202 g/mol. The SMILES string of the molecule is CCCCC/C=C/c1ccccc1[N+](=O)[O-]. The number of unbranched alkanes of at least 4 members (excludes halogenated alkanes) is 3. The molecule has 0 aliphatic carbocycles. The zero-order valence-electron chi connectivity index (χ0n) is 9.56. The molecule has 86 valence electrons. The molecule has 0 fully saturated rings. The number of hydrogen-bond acceptors (Lipinski definition) is 2. The fourth-order valence-corrected chi connectivity index (χ4v) is 1.52. The number of allylic oxidation sites excluding steroid dienone is 1. The molecule has 0 atom stereocenters. The van der Waals surface area contributed by atoms with Crippen molar-refractivity contribution < 1.29 is 4.92 Å². The number of nitro groups is 1. The molecule has 0 aromatic heterocycles. The smallest absolute Gasteiger partial charge is 0.258 e. The maximum absolute atomic E-state index is 10.7. The lowest BCUT2D eigenvalue weighted by molar-refractivity contribution is -0.385. The van der Waals surface area contributed by atoms with Crippen molar-refractivity contribution >= 4 is 11.8 Å². The summed E-state index contributed by atoms with van der Waals surface area (Å²) >= 11 is 0. The molecule has 0 spiro atoms. The lowest BCUT2D eigenvalue weighted by Gasteiger charge is -1.96. The van der Waals surface area contributed by atoms with Gasteiger partial charge in [0.15, 0.2) is 0 Å². The molecule has 3 heteroatoms. The average molecular weight is 219 g/mol. The van der Waals surface area contributed by atoms with Gasteiger partial charge in [0.2, 0.25) is 0 Å². The quantitative estimate of drug-likeness (QED) is 0.409. The fourth-order valence-electron chi connectivity index (χ4n) is 1.52. The second-order valence-corrected chi connectivity index (χ2v) is 3.71. The third-order valence-corrected chi connectivity index (χ3v) is 2.41. The van der Waals surface area contributed by atoms with Gasteiger partial charge in [-0.15, -0.1) is 0 Å². The van der Waals surface area contributed by atoms with Crippen molar-refractivity contribution in [1.82, 2.24) is 0 Å². The molecule has 0 heterocycles. The van der Waals surface area contributed by atoms with Gasteiger partial charge in [0, 0.05) is 6.07 Å². The minimum absolute atomic E-state index is 0.175. The maximum Gasteiger partial charge on any atom is 0.276 e. The van der Waals surface area contributed by atoms with Gasteiger partial charge in [0.25, 0.3) is 5.69 Å². The molecule has 1 aromatic rings. The first-order valence-corrected chi connectivity index (χ1v) is 5.65. The second-order valence-electron chi connectivity index (χ2n) is 3.71. The first-order chi connectivity index (χ1) is 7.75. The van der Waals surface area contributed by atoms with Crippen LogP contribution < -0.4 is 0 Å². The number of hydrogen-bond donors (Lipinski definition) is 0. The summed E-state index contributed by atoms with van der Waals surface area (Å²) in [6, 6.07) is 6.81. The Bertz CT molecular complexity index is 372. The number of nitrogens with zero attached hydrogens (tertiary/aromatic N) is 1. The van der Waals surface area contributed by atoms with E-state index < -0.39 is 0 Å². The molecule has 3 nitrogen and oxygen atoms in total. The fraction of sp³-hybridized carbons (Fsp3) is 0.385. The van der Waals surface area contributed by atoms with Gasteiger partial charge in [0.05, 0.1) is 10.5 Å². The van der Waals surface area contributed by atoms with E-state index in [-0.39, 0.29) is 10.6 Å². The van der Waals surface area contributed by atoms with Crippen LogP contribution in [0.4, 0.5) is 5.69 Å². The lowest BCUT2D eigenvalue weighted by Crippen LogP contribution is -1.90. The van der Waals surface area contributed by atoms with Crippen molar-refractivity contribution in [2.75, 3.05) is 0 Å². The zero-order chi connectivity index (χ0) is 11.8. The topological polar surface area (TPSA) is 43.1 Å². The molecule has 0 bridgehead atoms. The minimum atomic E-state index is -0.342. The standard InChI is InChI=1S/C13H17NO2/c1-2-3-4-5-6-9-12-10-7-8-11-13(12)14(15)16/h6-11H,2-5H2,1H3/b9-6+. The van der Waals surface area contributed by atoms with E-state index in [1.54, 1.807) is 12.1 Å². The largest absolute Gasteiger partial charge is 0.276 e. The Morgan fingerprint density at radius 3 is 2.75 bits per heavy atom. The van der Waals surface area contributed by atoms with Crippen LogP contribution in [-0.4, -0.2) is 4.92 Å². The van der Waals surface area contributed by atoms with Crippen molar-refractivity contribution in [3.05, 3.63) is 46.0 Å². The molecule has 1 aromatic carbocycles. The van der Waals surface area contributed by atoms with Crippen LogP contribution >= 0.6 is 0 Å². The Morgan fingerprint density at radius 1 is 1.31 bits per heavy atom. The monoisotopic (exact) mass is 219 g/mol.